The third kappa shape index (κ3) is 10.3. The molecule has 0 radical (unpaired) electrons. The summed E-state index contributed by atoms with van der Waals surface area (Å²) in [7, 11) is 0. The Morgan fingerprint density at radius 2 is 1.25 bits per heavy atom. The Hall–Kier alpha value is -0.200. The molecule has 0 bridgehead atoms. The summed E-state index contributed by atoms with van der Waals surface area (Å²) in [4.78, 5) is 2.23. The van der Waals surface area contributed by atoms with Crippen LogP contribution in [0, 0.1) is 0 Å². The normalized spacial score (nSPS) is 11.2. The third-order valence-corrected chi connectivity index (χ3v) is 2.38. The van der Waals surface area contributed by atoms with Crippen LogP contribution in [0.25, 0.3) is 0 Å². The largest absolute Gasteiger partial charge is 0.396 e. The fourth-order valence-electron chi connectivity index (χ4n) is 1.49. The number of hydrogen-bond donors (Lipinski definition) is 4. The van der Waals surface area contributed by atoms with Gasteiger partial charge in [-0.15, -0.1) is 0 Å². The van der Waals surface area contributed by atoms with Crippen molar-refractivity contribution in [2.24, 2.45) is 0 Å². The highest BCUT2D eigenvalue weighted by atomic mass is 16.3. The molecule has 0 fully saturated rings. The molecule has 0 unspecified atom stereocenters. The van der Waals surface area contributed by atoms with E-state index in [1.807, 2.05) is 0 Å². The van der Waals surface area contributed by atoms with E-state index < -0.39 is 0 Å². The minimum Gasteiger partial charge on any atom is -0.396 e. The molecule has 0 heterocycles. The first-order valence-electron chi connectivity index (χ1n) is 6.10. The molecule has 16 heavy (non-hydrogen) atoms. The van der Waals surface area contributed by atoms with Crippen molar-refractivity contribution < 1.29 is 15.3 Å². The van der Waals surface area contributed by atoms with Crippen LogP contribution in [-0.4, -0.2) is 72.8 Å². The van der Waals surface area contributed by atoms with Crippen molar-refractivity contribution in [3.63, 3.8) is 0 Å². The summed E-state index contributed by atoms with van der Waals surface area (Å²) in [6, 6.07) is 0. The first-order chi connectivity index (χ1) is 7.85. The molecule has 5 nitrogen and oxygen atoms in total. The van der Waals surface area contributed by atoms with Gasteiger partial charge in [0.15, 0.2) is 0 Å². The molecule has 0 aromatic heterocycles. The van der Waals surface area contributed by atoms with Gasteiger partial charge in [-0.05, 0) is 25.8 Å². The lowest BCUT2D eigenvalue weighted by molar-refractivity contribution is 0.201. The van der Waals surface area contributed by atoms with E-state index in [-0.39, 0.29) is 19.8 Å². The third-order valence-electron chi connectivity index (χ3n) is 2.38. The topological polar surface area (TPSA) is 76.0 Å². The summed E-state index contributed by atoms with van der Waals surface area (Å²) in [5, 5.41) is 29.4. The predicted octanol–water partition coefficient (Wildman–Crippen LogP) is -0.975. The van der Waals surface area contributed by atoms with Gasteiger partial charge < -0.3 is 25.5 Å². The van der Waals surface area contributed by atoms with Crippen LogP contribution >= 0.6 is 0 Å². The van der Waals surface area contributed by atoms with Crippen molar-refractivity contribution in [1.82, 2.24) is 10.2 Å². The van der Waals surface area contributed by atoms with Gasteiger partial charge in [0, 0.05) is 46.0 Å². The summed E-state index contributed by atoms with van der Waals surface area (Å²) in [5.41, 5.74) is 0. The molecule has 0 saturated heterocycles. The second kappa shape index (κ2) is 12.9. The Bertz CT molecular complexity index is 128. The SMILES string of the molecule is OCCCNCCN(CCCO)CCCO. The molecule has 98 valence electrons. The first-order valence-corrected chi connectivity index (χ1v) is 6.10. The molecule has 4 N–H and O–H groups in total. The van der Waals surface area contributed by atoms with Gasteiger partial charge in [0.1, 0.15) is 0 Å². The van der Waals surface area contributed by atoms with Gasteiger partial charge >= 0.3 is 0 Å². The van der Waals surface area contributed by atoms with Gasteiger partial charge in [-0.1, -0.05) is 0 Å². The van der Waals surface area contributed by atoms with Gasteiger partial charge in [-0.2, -0.15) is 0 Å². The van der Waals surface area contributed by atoms with Crippen molar-refractivity contribution in [3.8, 4) is 0 Å². The van der Waals surface area contributed by atoms with E-state index in [1.165, 1.54) is 0 Å². The van der Waals surface area contributed by atoms with Gasteiger partial charge in [0.25, 0.3) is 0 Å². The quantitative estimate of drug-likeness (QED) is 0.327. The minimum absolute atomic E-state index is 0.216. The van der Waals surface area contributed by atoms with Gasteiger partial charge in [-0.25, -0.2) is 0 Å². The molecular weight excluding hydrogens is 208 g/mol. The maximum atomic E-state index is 8.76. The van der Waals surface area contributed by atoms with E-state index in [1.54, 1.807) is 0 Å². The first kappa shape index (κ1) is 15.8. The molecule has 5 heteroatoms. The van der Waals surface area contributed by atoms with E-state index in [0.717, 1.165) is 52.0 Å². The van der Waals surface area contributed by atoms with Crippen LogP contribution in [0.15, 0.2) is 0 Å². The maximum Gasteiger partial charge on any atom is 0.0443 e. The van der Waals surface area contributed by atoms with E-state index in [2.05, 4.69) is 10.2 Å². The molecule has 0 rings (SSSR count). The van der Waals surface area contributed by atoms with Crippen LogP contribution in [0.4, 0.5) is 0 Å². The number of nitrogens with zero attached hydrogens (tertiary/aromatic N) is 1. The molecule has 0 aromatic rings. The lowest BCUT2D eigenvalue weighted by Crippen LogP contribution is -2.34. The van der Waals surface area contributed by atoms with Crippen LogP contribution < -0.4 is 5.32 Å². The molecule has 0 atom stereocenters. The van der Waals surface area contributed by atoms with E-state index in [0.29, 0.717) is 0 Å². The standard InChI is InChI=1S/C11H26N2O3/c14-9-1-4-12-5-8-13(6-2-10-15)7-3-11-16/h12,14-16H,1-11H2. The number of rotatable bonds is 12. The number of hydrogen-bond acceptors (Lipinski definition) is 5. The minimum atomic E-state index is 0.216. The highest BCUT2D eigenvalue weighted by Crippen LogP contribution is 1.93. The summed E-state index contributed by atoms with van der Waals surface area (Å²) >= 11 is 0. The molecule has 0 saturated carbocycles. The fraction of sp³-hybridized carbons (Fsp3) is 1.00. The molecule has 0 aliphatic carbocycles. The fourth-order valence-corrected chi connectivity index (χ4v) is 1.49. The number of aliphatic hydroxyl groups is 3. The van der Waals surface area contributed by atoms with Crippen molar-refractivity contribution in [1.29, 1.82) is 0 Å². The zero-order valence-electron chi connectivity index (χ0n) is 10.1. The Morgan fingerprint density at radius 1 is 0.688 bits per heavy atom. The van der Waals surface area contributed by atoms with E-state index in [4.69, 9.17) is 15.3 Å². The summed E-state index contributed by atoms with van der Waals surface area (Å²) in [5.74, 6) is 0. The zero-order valence-corrected chi connectivity index (χ0v) is 10.1. The molecule has 0 aliphatic rings. The second-order valence-electron chi connectivity index (χ2n) is 3.82. The molecule has 0 aromatic carbocycles. The van der Waals surface area contributed by atoms with E-state index >= 15 is 0 Å². The van der Waals surface area contributed by atoms with E-state index in [9.17, 15) is 0 Å². The molecule has 0 amide bonds. The summed E-state index contributed by atoms with van der Waals surface area (Å²) in [6.07, 6.45) is 2.34. The Balaban J connectivity index is 3.48. The van der Waals surface area contributed by atoms with Crippen LogP contribution in [-0.2, 0) is 0 Å². The predicted molar refractivity (Wildman–Crippen MR) is 64.4 cm³/mol. The molecular formula is C11H26N2O3. The van der Waals surface area contributed by atoms with Gasteiger partial charge in [-0.3, -0.25) is 0 Å². The highest BCUT2D eigenvalue weighted by molar-refractivity contribution is 4.60. The van der Waals surface area contributed by atoms with Crippen LogP contribution in [0.5, 0.6) is 0 Å². The zero-order chi connectivity index (χ0) is 12.1. The number of nitrogens with one attached hydrogen (secondary N) is 1. The molecule has 0 spiro atoms. The Kier molecular flexibility index (Phi) is 12.7. The molecule has 0 aliphatic heterocycles. The lowest BCUT2D eigenvalue weighted by atomic mass is 10.3. The van der Waals surface area contributed by atoms with Crippen molar-refractivity contribution in [3.05, 3.63) is 0 Å². The van der Waals surface area contributed by atoms with Crippen LogP contribution in [0.3, 0.4) is 0 Å². The summed E-state index contributed by atoms with van der Waals surface area (Å²) in [6.45, 7) is 5.05. The summed E-state index contributed by atoms with van der Waals surface area (Å²) < 4.78 is 0. The second-order valence-corrected chi connectivity index (χ2v) is 3.82. The smallest absolute Gasteiger partial charge is 0.0443 e. The van der Waals surface area contributed by atoms with Crippen LogP contribution in [0.1, 0.15) is 19.3 Å². The lowest BCUT2D eigenvalue weighted by Gasteiger charge is -2.21. The monoisotopic (exact) mass is 234 g/mol. The van der Waals surface area contributed by atoms with Gasteiger partial charge in [0.05, 0.1) is 0 Å². The van der Waals surface area contributed by atoms with Crippen molar-refractivity contribution in [2.45, 2.75) is 19.3 Å². The Labute approximate surface area is 98.1 Å². The average Bonchev–Trinajstić information content (AvgIpc) is 2.31. The van der Waals surface area contributed by atoms with Crippen molar-refractivity contribution >= 4 is 0 Å². The van der Waals surface area contributed by atoms with Gasteiger partial charge in [0.2, 0.25) is 0 Å². The Morgan fingerprint density at radius 3 is 1.75 bits per heavy atom. The van der Waals surface area contributed by atoms with Crippen LogP contribution in [0.2, 0.25) is 0 Å². The van der Waals surface area contributed by atoms with Crippen molar-refractivity contribution in [2.75, 3.05) is 52.5 Å². The number of aliphatic hydroxyl groups excluding tert-OH is 3. The maximum absolute atomic E-state index is 8.76. The highest BCUT2D eigenvalue weighted by Gasteiger charge is 2.03. The average molecular weight is 234 g/mol.